The van der Waals surface area contributed by atoms with Crippen molar-refractivity contribution in [3.63, 3.8) is 0 Å². The SMILES string of the molecule is C=CC(=O)N1CC2(CCN(C(=O)N(C)[C@H](C(=O)N[C@H]3Cc4cc(C(F)F)cc(n4)-c4ccc5c(c4)c(c(-c4cccnc4[C@H](C)OC)n5CC)CC(C)(C)COC(=O)[C@@H]4CCCN(N4)C3=O)C(C)C)CC2)O[C@@H]1C. The Kier molecular flexibility index (Phi) is 16.0. The van der Waals surface area contributed by atoms with Crippen LogP contribution in [0.1, 0.15) is 109 Å². The zero-order valence-corrected chi connectivity index (χ0v) is 44.1. The Morgan fingerprint density at radius 1 is 1.08 bits per heavy atom. The minimum absolute atomic E-state index is 0.0355. The molecule has 3 aromatic heterocycles. The van der Waals surface area contributed by atoms with Crippen LogP contribution in [-0.2, 0) is 52.8 Å². The molecule has 5 atom stereocenters. The fourth-order valence-electron chi connectivity index (χ4n) is 11.2. The number of alkyl halides is 2. The molecule has 5 amide bonds. The lowest BCUT2D eigenvalue weighted by Gasteiger charge is -2.41. The standard InChI is InChI=1S/C55H71F2N9O8/c1-11-45(67)65-30-55(74-34(65)6)19-23-63(24-20-55)53(71)62(9)47(32(3)4)50(68)60-43-28-37-25-36(49(56)57)27-42(59-37)35-17-18-44-39(26-35)40(48(64(44)12-2)38-15-13-21-58-46(38)33(5)72-10)29-54(7,8)31-73-52(70)41-16-14-22-66(61-41)51(43)69/h11,13,15,17-18,21,25-27,32-34,41,43,47,49,61H,1,12,14,16,19-20,22-24,28-31H2,2-10H3,(H,60,68)/t33-,34+,41-,43-,47-/m0/s1. The van der Waals surface area contributed by atoms with E-state index in [-0.39, 0.29) is 48.5 Å². The van der Waals surface area contributed by atoms with Gasteiger partial charge in [0, 0.05) is 91.7 Å². The van der Waals surface area contributed by atoms with Crippen molar-refractivity contribution in [2.45, 2.75) is 136 Å². The van der Waals surface area contributed by atoms with E-state index in [9.17, 15) is 24.0 Å². The van der Waals surface area contributed by atoms with E-state index in [4.69, 9.17) is 24.2 Å². The number of aryl methyl sites for hydroxylation is 1. The van der Waals surface area contributed by atoms with Gasteiger partial charge < -0.3 is 38.8 Å². The molecule has 7 heterocycles. The van der Waals surface area contributed by atoms with Gasteiger partial charge >= 0.3 is 12.0 Å². The lowest BCUT2D eigenvalue weighted by atomic mass is 9.84. The number of esters is 1. The van der Waals surface area contributed by atoms with Gasteiger partial charge in [-0.1, -0.05) is 40.3 Å². The minimum atomic E-state index is -2.90. The monoisotopic (exact) mass is 1020 g/mol. The molecule has 4 aromatic rings. The predicted molar refractivity (Wildman–Crippen MR) is 274 cm³/mol. The summed E-state index contributed by atoms with van der Waals surface area (Å²) in [5.41, 5.74) is 6.79. The van der Waals surface area contributed by atoms with Crippen molar-refractivity contribution in [2.75, 3.05) is 46.9 Å². The van der Waals surface area contributed by atoms with Crippen LogP contribution in [0.5, 0.6) is 0 Å². The number of carbonyl (C=O) groups excluding carboxylic acids is 5. The maximum atomic E-state index is 15.1. The molecule has 3 fully saturated rings. The molecule has 0 unspecified atom stereocenters. The highest BCUT2D eigenvalue weighted by molar-refractivity contribution is 5.96. The first kappa shape index (κ1) is 54.0. The molecule has 1 aromatic carbocycles. The van der Waals surface area contributed by atoms with Crippen LogP contribution >= 0.6 is 0 Å². The second-order valence-corrected chi connectivity index (χ2v) is 21.4. The van der Waals surface area contributed by atoms with E-state index in [2.05, 4.69) is 28.8 Å². The molecule has 4 aliphatic heterocycles. The van der Waals surface area contributed by atoms with Gasteiger partial charge in [0.25, 0.3) is 12.3 Å². The van der Waals surface area contributed by atoms with Crippen molar-refractivity contribution in [3.05, 3.63) is 83.8 Å². The third kappa shape index (κ3) is 10.9. The molecule has 2 N–H and O–H groups in total. The molecule has 74 heavy (non-hydrogen) atoms. The number of ether oxygens (including phenoxy) is 3. The number of hydrazine groups is 1. The first-order chi connectivity index (χ1) is 35.2. The highest BCUT2D eigenvalue weighted by Crippen LogP contribution is 2.42. The van der Waals surface area contributed by atoms with Gasteiger partial charge in [0.1, 0.15) is 24.4 Å². The van der Waals surface area contributed by atoms with E-state index in [1.165, 1.54) is 28.1 Å². The van der Waals surface area contributed by atoms with Crippen LogP contribution < -0.4 is 10.7 Å². The van der Waals surface area contributed by atoms with Crippen molar-refractivity contribution in [1.29, 1.82) is 0 Å². The van der Waals surface area contributed by atoms with Crippen LogP contribution in [0.2, 0.25) is 0 Å². The number of methoxy groups -OCH3 is 1. The Morgan fingerprint density at radius 2 is 1.82 bits per heavy atom. The molecule has 3 saturated heterocycles. The number of likely N-dealkylation sites (tertiary alicyclic amines) is 1. The van der Waals surface area contributed by atoms with Crippen molar-refractivity contribution in [3.8, 4) is 22.5 Å². The van der Waals surface area contributed by atoms with Crippen molar-refractivity contribution >= 4 is 40.6 Å². The highest BCUT2D eigenvalue weighted by atomic mass is 19.3. The predicted octanol–water partition coefficient (Wildman–Crippen LogP) is 7.38. The van der Waals surface area contributed by atoms with Gasteiger partial charge in [-0.15, -0.1) is 0 Å². The molecule has 0 saturated carbocycles. The Hall–Kier alpha value is -6.31. The Morgan fingerprint density at radius 3 is 2.50 bits per heavy atom. The molecule has 0 radical (unpaired) electrons. The first-order valence-electron chi connectivity index (χ1n) is 25.8. The summed E-state index contributed by atoms with van der Waals surface area (Å²) in [4.78, 5) is 84.7. The van der Waals surface area contributed by atoms with Crippen LogP contribution in [0.3, 0.4) is 0 Å². The van der Waals surface area contributed by atoms with E-state index in [1.54, 1.807) is 44.0 Å². The molecule has 6 bridgehead atoms. The van der Waals surface area contributed by atoms with E-state index >= 15 is 8.78 Å². The number of nitrogens with zero attached hydrogens (tertiary/aromatic N) is 7. The van der Waals surface area contributed by atoms with Crippen LogP contribution in [0.15, 0.2) is 61.3 Å². The zero-order valence-electron chi connectivity index (χ0n) is 44.1. The fourth-order valence-corrected chi connectivity index (χ4v) is 11.2. The maximum absolute atomic E-state index is 15.1. The second-order valence-electron chi connectivity index (χ2n) is 21.4. The number of pyridine rings is 2. The number of benzene rings is 1. The quantitative estimate of drug-likeness (QED) is 0.120. The number of likely N-dealkylation sites (N-methyl/N-ethyl adjacent to an activating group) is 1. The van der Waals surface area contributed by atoms with E-state index in [0.717, 1.165) is 33.4 Å². The number of halogens is 2. The number of rotatable bonds is 10. The third-order valence-electron chi connectivity index (χ3n) is 15.1. The van der Waals surface area contributed by atoms with Crippen LogP contribution in [0.4, 0.5) is 13.6 Å². The summed E-state index contributed by atoms with van der Waals surface area (Å²) in [6, 6.07) is 8.51. The number of amides is 5. The van der Waals surface area contributed by atoms with Crippen LogP contribution in [-0.4, -0.2) is 141 Å². The largest absolute Gasteiger partial charge is 0.464 e. The Bertz CT molecular complexity index is 2790. The number of fused-ring (bicyclic) bond motifs is 6. The van der Waals surface area contributed by atoms with Crippen molar-refractivity contribution in [2.24, 2.45) is 11.3 Å². The fraction of sp³-hybridized carbons (Fsp3) is 0.545. The summed E-state index contributed by atoms with van der Waals surface area (Å²) in [5, 5.41) is 5.06. The first-order valence-corrected chi connectivity index (χ1v) is 25.8. The van der Waals surface area contributed by atoms with Crippen molar-refractivity contribution < 1.29 is 47.0 Å². The Labute approximate surface area is 431 Å². The summed E-state index contributed by atoms with van der Waals surface area (Å²) in [6.07, 6.45) is 1.18. The smallest absolute Gasteiger partial charge is 0.324 e. The van der Waals surface area contributed by atoms with Crippen LogP contribution in [0.25, 0.3) is 33.4 Å². The average molecular weight is 1020 g/mol. The maximum Gasteiger partial charge on any atom is 0.324 e. The highest BCUT2D eigenvalue weighted by Gasteiger charge is 2.48. The van der Waals surface area contributed by atoms with Crippen molar-refractivity contribution in [1.82, 2.24) is 45.0 Å². The van der Waals surface area contributed by atoms with Gasteiger partial charge in [0.15, 0.2) is 0 Å². The van der Waals surface area contributed by atoms with Gasteiger partial charge in [-0.3, -0.25) is 34.2 Å². The number of urea groups is 1. The lowest BCUT2D eigenvalue weighted by Crippen LogP contribution is -2.62. The Balaban J connectivity index is 1.16. The second kappa shape index (κ2) is 21.9. The molecule has 17 nitrogen and oxygen atoms in total. The molecule has 4 aliphatic rings. The summed E-state index contributed by atoms with van der Waals surface area (Å²) >= 11 is 0. The number of piperidine rings is 1. The molecular weight excluding hydrogens is 953 g/mol. The van der Waals surface area contributed by atoms with Gasteiger partial charge in [-0.05, 0) is 107 Å². The minimum Gasteiger partial charge on any atom is -0.464 e. The topological polar surface area (TPSA) is 181 Å². The molecular formula is C55H71F2N9O8. The van der Waals surface area contributed by atoms with Gasteiger partial charge in [-0.2, -0.15) is 0 Å². The van der Waals surface area contributed by atoms with Gasteiger partial charge in [0.05, 0.1) is 41.9 Å². The number of carbonyl (C=O) groups is 5. The number of hydrogen-bond donors (Lipinski definition) is 2. The molecule has 398 valence electrons. The van der Waals surface area contributed by atoms with Crippen LogP contribution in [0, 0.1) is 11.3 Å². The number of cyclic esters (lactones) is 1. The lowest BCUT2D eigenvalue weighted by molar-refractivity contribution is -0.155. The number of nitrogens with one attached hydrogen (secondary N) is 2. The average Bonchev–Trinajstić information content (AvgIpc) is 3.88. The van der Waals surface area contributed by atoms with E-state index in [0.29, 0.717) is 63.8 Å². The molecule has 19 heteroatoms. The number of aromatic nitrogens is 3. The third-order valence-corrected chi connectivity index (χ3v) is 15.1. The molecule has 0 aliphatic carbocycles. The summed E-state index contributed by atoms with van der Waals surface area (Å²) in [5.74, 6) is -2.47. The molecule has 1 spiro atoms. The normalized spacial score (nSPS) is 21.9. The van der Waals surface area contributed by atoms with E-state index < -0.39 is 71.5 Å². The summed E-state index contributed by atoms with van der Waals surface area (Å²) < 4.78 is 50.5. The summed E-state index contributed by atoms with van der Waals surface area (Å²) in [7, 11) is 3.18. The zero-order chi connectivity index (χ0) is 53.4. The van der Waals surface area contributed by atoms with E-state index in [1.807, 2.05) is 58.0 Å². The summed E-state index contributed by atoms with van der Waals surface area (Å²) in [6.45, 7) is 18.8. The molecule has 8 rings (SSSR count). The number of hydrogen-bond acceptors (Lipinski definition) is 11. The van der Waals surface area contributed by atoms with Gasteiger partial charge in [0.2, 0.25) is 11.8 Å². The van der Waals surface area contributed by atoms with Gasteiger partial charge in [-0.25, -0.2) is 19.0 Å².